The number of primary amides is 1. The molecule has 0 spiro atoms. The van der Waals surface area contributed by atoms with Gasteiger partial charge in [-0.3, -0.25) is 4.79 Å². The minimum atomic E-state index is -3.98. The van der Waals surface area contributed by atoms with Crippen LogP contribution in [0.25, 0.3) is 10.9 Å². The van der Waals surface area contributed by atoms with Crippen LogP contribution in [0.1, 0.15) is 10.5 Å². The number of H-pyrrole nitrogens is 1. The zero-order chi connectivity index (χ0) is 16.8. The molecule has 2 aromatic carbocycles. The Kier molecular flexibility index (Phi) is 3.83. The summed E-state index contributed by atoms with van der Waals surface area (Å²) in [4.78, 5) is 14.2. The number of rotatable bonds is 3. The molecule has 0 radical (unpaired) electrons. The molecule has 118 valence electrons. The van der Waals surface area contributed by atoms with Crippen LogP contribution in [0.15, 0.2) is 52.3 Å². The molecule has 3 rings (SSSR count). The van der Waals surface area contributed by atoms with Gasteiger partial charge in [-0.1, -0.05) is 23.2 Å². The Morgan fingerprint density at radius 2 is 1.61 bits per heavy atom. The molecule has 5 nitrogen and oxygen atoms in total. The van der Waals surface area contributed by atoms with E-state index in [9.17, 15) is 13.2 Å². The van der Waals surface area contributed by atoms with Crippen LogP contribution in [-0.2, 0) is 9.84 Å². The van der Waals surface area contributed by atoms with Gasteiger partial charge in [0.05, 0.1) is 4.90 Å². The Morgan fingerprint density at radius 1 is 1.00 bits per heavy atom. The maximum absolute atomic E-state index is 12.9. The van der Waals surface area contributed by atoms with Gasteiger partial charge in [-0.05, 0) is 42.5 Å². The number of amides is 1. The molecule has 0 saturated carbocycles. The van der Waals surface area contributed by atoms with E-state index in [-0.39, 0.29) is 15.5 Å². The first-order valence-corrected chi connectivity index (χ1v) is 8.66. The third-order valence-corrected chi connectivity index (χ3v) is 5.69. The van der Waals surface area contributed by atoms with Crippen LogP contribution in [0, 0.1) is 0 Å². The summed E-state index contributed by atoms with van der Waals surface area (Å²) in [7, 11) is -3.98. The van der Waals surface area contributed by atoms with Crippen molar-refractivity contribution in [2.45, 2.75) is 9.79 Å². The second-order valence-electron chi connectivity index (χ2n) is 4.84. The van der Waals surface area contributed by atoms with Gasteiger partial charge in [0.2, 0.25) is 9.84 Å². The van der Waals surface area contributed by atoms with Crippen molar-refractivity contribution in [3.63, 3.8) is 0 Å². The van der Waals surface area contributed by atoms with Gasteiger partial charge in [0, 0.05) is 20.9 Å². The molecule has 0 aliphatic heterocycles. The van der Waals surface area contributed by atoms with Crippen molar-refractivity contribution in [3.05, 3.63) is 58.2 Å². The zero-order valence-corrected chi connectivity index (χ0v) is 13.8. The summed E-state index contributed by atoms with van der Waals surface area (Å²) in [6.45, 7) is 0. The largest absolute Gasteiger partial charge is 0.364 e. The second-order valence-corrected chi connectivity index (χ2v) is 7.60. The van der Waals surface area contributed by atoms with Crippen molar-refractivity contribution in [2.24, 2.45) is 5.73 Å². The van der Waals surface area contributed by atoms with Gasteiger partial charge in [-0.2, -0.15) is 0 Å². The number of aromatic nitrogens is 1. The molecule has 0 fully saturated rings. The first-order chi connectivity index (χ1) is 10.8. The molecule has 1 amide bonds. The first-order valence-electron chi connectivity index (χ1n) is 6.42. The van der Waals surface area contributed by atoms with Gasteiger partial charge in [-0.25, -0.2) is 8.42 Å². The van der Waals surface area contributed by atoms with Gasteiger partial charge in [-0.15, -0.1) is 0 Å². The second kappa shape index (κ2) is 5.56. The third kappa shape index (κ3) is 2.69. The number of hydrogen-bond acceptors (Lipinski definition) is 3. The van der Waals surface area contributed by atoms with Crippen LogP contribution >= 0.6 is 23.2 Å². The minimum absolute atomic E-state index is 0.00488. The molecule has 3 N–H and O–H groups in total. The Hall–Kier alpha value is -2.02. The molecule has 0 aliphatic rings. The highest BCUT2D eigenvalue weighted by Gasteiger charge is 2.28. The summed E-state index contributed by atoms with van der Waals surface area (Å²) in [5.41, 5.74) is 5.60. The average molecular weight is 369 g/mol. The van der Waals surface area contributed by atoms with Crippen molar-refractivity contribution in [2.75, 3.05) is 0 Å². The smallest absolute Gasteiger partial charge is 0.266 e. The molecule has 0 saturated heterocycles. The lowest BCUT2D eigenvalue weighted by Gasteiger charge is -2.06. The summed E-state index contributed by atoms with van der Waals surface area (Å²) in [6.07, 6.45) is 0. The SMILES string of the molecule is NC(=O)c1[nH]c2ccc(Cl)cc2c1S(=O)(=O)c1ccc(Cl)cc1. The van der Waals surface area contributed by atoms with E-state index in [1.807, 2.05) is 0 Å². The fraction of sp³-hybridized carbons (Fsp3) is 0. The average Bonchev–Trinajstić information content (AvgIpc) is 2.87. The molecule has 0 unspecified atom stereocenters. The van der Waals surface area contributed by atoms with E-state index < -0.39 is 15.7 Å². The third-order valence-electron chi connectivity index (χ3n) is 3.35. The summed E-state index contributed by atoms with van der Waals surface area (Å²) < 4.78 is 25.9. The highest BCUT2D eigenvalue weighted by molar-refractivity contribution is 7.91. The van der Waals surface area contributed by atoms with E-state index in [4.69, 9.17) is 28.9 Å². The van der Waals surface area contributed by atoms with Crippen LogP contribution in [0.2, 0.25) is 10.0 Å². The lowest BCUT2D eigenvalue weighted by atomic mass is 10.2. The number of nitrogens with one attached hydrogen (secondary N) is 1. The van der Waals surface area contributed by atoms with Crippen LogP contribution in [0.5, 0.6) is 0 Å². The summed E-state index contributed by atoms with van der Waals surface area (Å²) in [5.74, 6) is -0.870. The van der Waals surface area contributed by atoms with Crippen molar-refractivity contribution >= 4 is 49.8 Å². The normalized spacial score (nSPS) is 11.7. The van der Waals surface area contributed by atoms with E-state index in [2.05, 4.69) is 4.98 Å². The number of nitrogens with two attached hydrogens (primary N) is 1. The maximum atomic E-state index is 12.9. The Balaban J connectivity index is 2.37. The Morgan fingerprint density at radius 3 is 2.22 bits per heavy atom. The van der Waals surface area contributed by atoms with Crippen LogP contribution in [-0.4, -0.2) is 19.3 Å². The predicted octanol–water partition coefficient (Wildman–Crippen LogP) is 3.41. The van der Waals surface area contributed by atoms with Crippen molar-refractivity contribution in [1.82, 2.24) is 4.98 Å². The molecule has 1 heterocycles. The van der Waals surface area contributed by atoms with Crippen LogP contribution < -0.4 is 5.73 Å². The molecular formula is C15H10Cl2N2O3S. The fourth-order valence-electron chi connectivity index (χ4n) is 2.32. The van der Waals surface area contributed by atoms with E-state index >= 15 is 0 Å². The zero-order valence-electron chi connectivity index (χ0n) is 11.5. The van der Waals surface area contributed by atoms with Gasteiger partial charge in [0.25, 0.3) is 5.91 Å². The number of fused-ring (bicyclic) bond motifs is 1. The fourth-order valence-corrected chi connectivity index (χ4v) is 4.23. The molecule has 0 aliphatic carbocycles. The van der Waals surface area contributed by atoms with Crippen molar-refractivity contribution < 1.29 is 13.2 Å². The highest BCUT2D eigenvalue weighted by Crippen LogP contribution is 2.33. The Bertz CT molecular complexity index is 1020. The number of carbonyl (C=O) groups excluding carboxylic acids is 1. The first kappa shape index (κ1) is 15.9. The standard InChI is InChI=1S/C15H10Cl2N2O3S/c16-8-1-4-10(5-2-8)23(21,22)14-11-7-9(17)3-6-12(11)19-13(14)15(18)20/h1-7,19H,(H2,18,20). The summed E-state index contributed by atoms with van der Waals surface area (Å²) in [6, 6.07) is 10.3. The Labute approximate surface area is 141 Å². The molecule has 0 atom stereocenters. The van der Waals surface area contributed by atoms with E-state index in [1.54, 1.807) is 12.1 Å². The van der Waals surface area contributed by atoms with Gasteiger partial charge in [0.15, 0.2) is 0 Å². The van der Waals surface area contributed by atoms with Gasteiger partial charge < -0.3 is 10.7 Å². The molecule has 8 heteroatoms. The number of halogens is 2. The summed E-state index contributed by atoms with van der Waals surface area (Å²) >= 11 is 11.7. The summed E-state index contributed by atoms with van der Waals surface area (Å²) in [5, 5.41) is 1.06. The quantitative estimate of drug-likeness (QED) is 0.741. The van der Waals surface area contributed by atoms with Gasteiger partial charge >= 0.3 is 0 Å². The minimum Gasteiger partial charge on any atom is -0.364 e. The molecule has 3 aromatic rings. The molecule has 0 bridgehead atoms. The lowest BCUT2D eigenvalue weighted by molar-refractivity contribution is 0.0993. The number of aromatic amines is 1. The van der Waals surface area contributed by atoms with E-state index in [0.29, 0.717) is 20.9 Å². The monoisotopic (exact) mass is 368 g/mol. The predicted molar refractivity (Wildman–Crippen MR) is 88.7 cm³/mol. The van der Waals surface area contributed by atoms with Crippen LogP contribution in [0.4, 0.5) is 0 Å². The highest BCUT2D eigenvalue weighted by atomic mass is 35.5. The number of hydrogen-bond donors (Lipinski definition) is 2. The van der Waals surface area contributed by atoms with Gasteiger partial charge in [0.1, 0.15) is 10.6 Å². The topological polar surface area (TPSA) is 93.0 Å². The van der Waals surface area contributed by atoms with E-state index in [1.165, 1.54) is 30.3 Å². The maximum Gasteiger partial charge on any atom is 0.266 e. The number of carbonyl (C=O) groups is 1. The van der Waals surface area contributed by atoms with Crippen molar-refractivity contribution in [3.8, 4) is 0 Å². The van der Waals surface area contributed by atoms with Crippen LogP contribution in [0.3, 0.4) is 0 Å². The van der Waals surface area contributed by atoms with E-state index in [0.717, 1.165) is 0 Å². The molecule has 23 heavy (non-hydrogen) atoms. The molecular weight excluding hydrogens is 359 g/mol. The number of benzene rings is 2. The lowest BCUT2D eigenvalue weighted by Crippen LogP contribution is -2.16. The number of sulfone groups is 1. The molecule has 1 aromatic heterocycles. The van der Waals surface area contributed by atoms with Crippen molar-refractivity contribution in [1.29, 1.82) is 0 Å².